The molecular weight excluding hydrogens is 287 g/mol. The molecule has 0 aromatic heterocycles. The fourth-order valence-corrected chi connectivity index (χ4v) is 4.25. The topological polar surface area (TPSA) is 0 Å². The fraction of sp³-hybridized carbons (Fsp3) is 0.667. The second kappa shape index (κ2) is 10.6. The van der Waals surface area contributed by atoms with Gasteiger partial charge in [-0.15, -0.1) is 0 Å². The molecule has 0 saturated carbocycles. The summed E-state index contributed by atoms with van der Waals surface area (Å²) < 4.78 is 1.43. The first kappa shape index (κ1) is 11.6. The first-order chi connectivity index (χ1) is 4.91. The summed E-state index contributed by atoms with van der Waals surface area (Å²) in [5, 5.41) is 4.16. The first-order valence-electron chi connectivity index (χ1n) is 3.20. The van der Waals surface area contributed by atoms with Crippen LogP contribution in [0.4, 0.5) is 0 Å². The van der Waals surface area contributed by atoms with Crippen LogP contribution >= 0.6 is 31.4 Å². The maximum absolute atomic E-state index is 2.23. The van der Waals surface area contributed by atoms with E-state index < -0.39 is 0 Å². The molecule has 10 heavy (non-hydrogen) atoms. The van der Waals surface area contributed by atoms with Gasteiger partial charge in [-0.1, -0.05) is 21.6 Å². The van der Waals surface area contributed by atoms with E-state index in [-0.39, 0.29) is 0 Å². The standard InChI is InChI=1S/C4H9.C2H2S3.Sn/c1-3-4-2;1-2-4-5-3-1;/h1,3-4H2,2H3;1-2H;. The van der Waals surface area contributed by atoms with Gasteiger partial charge in [0.25, 0.3) is 0 Å². The van der Waals surface area contributed by atoms with Crippen molar-refractivity contribution in [2.75, 3.05) is 0 Å². The van der Waals surface area contributed by atoms with Crippen LogP contribution in [0.2, 0.25) is 4.44 Å². The zero-order valence-corrected chi connectivity index (χ0v) is 11.3. The Balaban J connectivity index is 0.000000162. The van der Waals surface area contributed by atoms with E-state index in [1.54, 1.807) is 53.9 Å². The molecule has 1 aliphatic heterocycles. The molecular formula is C6H11S3Sn. The quantitative estimate of drug-likeness (QED) is 0.561. The van der Waals surface area contributed by atoms with Crippen molar-refractivity contribution in [3.63, 3.8) is 0 Å². The van der Waals surface area contributed by atoms with Gasteiger partial charge in [0.2, 0.25) is 0 Å². The Kier molecular flexibility index (Phi) is 12.3. The van der Waals surface area contributed by atoms with Gasteiger partial charge in [-0.25, -0.2) is 0 Å². The zero-order chi connectivity index (χ0) is 7.66. The van der Waals surface area contributed by atoms with Crippen molar-refractivity contribution < 1.29 is 0 Å². The van der Waals surface area contributed by atoms with Gasteiger partial charge in [0.05, 0.1) is 0 Å². The van der Waals surface area contributed by atoms with E-state index in [1.165, 1.54) is 17.3 Å². The Bertz CT molecular complexity index is 77.1. The number of hydrogen-bond acceptors (Lipinski definition) is 3. The fourth-order valence-electron chi connectivity index (χ4n) is 0.290. The molecule has 1 aliphatic rings. The van der Waals surface area contributed by atoms with Crippen LogP contribution in [0.15, 0.2) is 10.8 Å². The van der Waals surface area contributed by atoms with Crippen LogP contribution in [-0.2, 0) is 0 Å². The molecule has 0 atom stereocenters. The van der Waals surface area contributed by atoms with Crippen molar-refractivity contribution in [2.45, 2.75) is 24.2 Å². The van der Waals surface area contributed by atoms with E-state index in [1.807, 2.05) is 0 Å². The molecule has 4 heteroatoms. The summed E-state index contributed by atoms with van der Waals surface area (Å²) in [5.74, 6) is 0. The minimum atomic E-state index is 1.37. The second-order valence-electron chi connectivity index (χ2n) is 1.64. The van der Waals surface area contributed by atoms with Crippen molar-refractivity contribution in [3.8, 4) is 0 Å². The minimum absolute atomic E-state index is 1.37. The van der Waals surface area contributed by atoms with Crippen molar-refractivity contribution >= 4 is 53.9 Å². The Morgan fingerprint density at radius 3 is 2.00 bits per heavy atom. The molecule has 1 heterocycles. The van der Waals surface area contributed by atoms with Crippen LogP contribution in [0.25, 0.3) is 0 Å². The summed E-state index contributed by atoms with van der Waals surface area (Å²) in [5.41, 5.74) is 0. The third kappa shape index (κ3) is 9.59. The van der Waals surface area contributed by atoms with Gasteiger partial charge in [-0.2, -0.15) is 0 Å². The monoisotopic (exact) mass is 299 g/mol. The summed E-state index contributed by atoms with van der Waals surface area (Å²) >= 11 is 1.68. The van der Waals surface area contributed by atoms with Gasteiger partial charge in [0.15, 0.2) is 0 Å². The van der Waals surface area contributed by atoms with Crippen LogP contribution in [-0.4, -0.2) is 22.5 Å². The average Bonchev–Trinajstić information content (AvgIpc) is 2.44. The van der Waals surface area contributed by atoms with Gasteiger partial charge in [-0.3, -0.25) is 0 Å². The number of hydrogen-bond donors (Lipinski definition) is 0. The van der Waals surface area contributed by atoms with Crippen LogP contribution < -0.4 is 0 Å². The molecule has 0 aromatic carbocycles. The first-order valence-corrected chi connectivity index (χ1v) is 8.83. The maximum atomic E-state index is 2.23. The summed E-state index contributed by atoms with van der Waals surface area (Å²) in [6.45, 7) is 2.23. The molecule has 0 bridgehead atoms. The Labute approximate surface area is 88.3 Å². The van der Waals surface area contributed by atoms with Crippen molar-refractivity contribution in [2.24, 2.45) is 0 Å². The molecule has 0 amide bonds. The van der Waals surface area contributed by atoms with Crippen molar-refractivity contribution in [3.05, 3.63) is 10.8 Å². The van der Waals surface area contributed by atoms with Crippen LogP contribution in [0.5, 0.6) is 0 Å². The van der Waals surface area contributed by atoms with Gasteiger partial charge in [0, 0.05) is 0 Å². The van der Waals surface area contributed by atoms with E-state index in [2.05, 4.69) is 17.7 Å². The van der Waals surface area contributed by atoms with E-state index in [0.29, 0.717) is 0 Å². The number of rotatable bonds is 2. The second-order valence-corrected chi connectivity index (χ2v) is 6.92. The third-order valence-electron chi connectivity index (χ3n) is 0.776. The molecule has 0 nitrogen and oxygen atoms in total. The van der Waals surface area contributed by atoms with Crippen molar-refractivity contribution in [1.29, 1.82) is 0 Å². The molecule has 0 spiro atoms. The van der Waals surface area contributed by atoms with Gasteiger partial charge in [-0.05, 0) is 20.6 Å². The average molecular weight is 298 g/mol. The predicted octanol–water partition coefficient (Wildman–Crippen LogP) is 3.87. The molecule has 0 N–H and O–H groups in total. The third-order valence-corrected chi connectivity index (χ3v) is 5.16. The normalized spacial score (nSPS) is 14.6. The predicted molar refractivity (Wildman–Crippen MR) is 57.4 cm³/mol. The van der Waals surface area contributed by atoms with Gasteiger partial charge >= 0.3 is 46.7 Å². The molecule has 0 aliphatic carbocycles. The summed E-state index contributed by atoms with van der Waals surface area (Å²) in [4.78, 5) is 0. The summed E-state index contributed by atoms with van der Waals surface area (Å²) in [6, 6.07) is 0. The molecule has 57 valence electrons. The molecule has 0 aromatic rings. The SMILES string of the molecule is C1=CSSS1.CCC[CH2][Sn]. The molecule has 3 radical (unpaired) electrons. The van der Waals surface area contributed by atoms with Crippen molar-refractivity contribution in [1.82, 2.24) is 0 Å². The molecule has 0 unspecified atom stereocenters. The summed E-state index contributed by atoms with van der Waals surface area (Å²) in [6.07, 6.45) is 2.80. The summed E-state index contributed by atoms with van der Waals surface area (Å²) in [7, 11) is 5.34. The Morgan fingerprint density at radius 1 is 1.30 bits per heavy atom. The Hall–Kier alpha value is 1.59. The van der Waals surface area contributed by atoms with E-state index in [9.17, 15) is 0 Å². The van der Waals surface area contributed by atoms with E-state index in [0.717, 1.165) is 0 Å². The van der Waals surface area contributed by atoms with E-state index in [4.69, 9.17) is 0 Å². The van der Waals surface area contributed by atoms with Gasteiger partial charge < -0.3 is 0 Å². The van der Waals surface area contributed by atoms with Crippen LogP contribution in [0, 0.1) is 0 Å². The molecule has 1 rings (SSSR count). The van der Waals surface area contributed by atoms with Crippen LogP contribution in [0.3, 0.4) is 0 Å². The molecule has 0 fully saturated rings. The van der Waals surface area contributed by atoms with Gasteiger partial charge in [0.1, 0.15) is 0 Å². The van der Waals surface area contributed by atoms with Crippen LogP contribution in [0.1, 0.15) is 19.8 Å². The Morgan fingerprint density at radius 2 is 1.90 bits per heavy atom. The zero-order valence-electron chi connectivity index (χ0n) is 6.00. The van der Waals surface area contributed by atoms with E-state index >= 15 is 0 Å². The molecule has 0 saturated heterocycles. The number of unbranched alkanes of at least 4 members (excludes halogenated alkanes) is 1.